The van der Waals surface area contributed by atoms with E-state index in [2.05, 4.69) is 43.4 Å². The first kappa shape index (κ1) is 25.5. The van der Waals surface area contributed by atoms with E-state index in [0.29, 0.717) is 29.9 Å². The van der Waals surface area contributed by atoms with Gasteiger partial charge in [-0.2, -0.15) is 4.98 Å². The summed E-state index contributed by atoms with van der Waals surface area (Å²) in [4.78, 5) is 20.9. The highest BCUT2D eigenvalue weighted by atomic mass is 35.5. The van der Waals surface area contributed by atoms with Crippen molar-refractivity contribution in [3.05, 3.63) is 64.8 Å². The summed E-state index contributed by atoms with van der Waals surface area (Å²) in [7, 11) is 0. The SMILES string of the molecule is Cl.Cl.NCCNC(=O)Nc1ccc2cc1CCc1cccc(c1)Nc1ncc(Cl)c(n1)N2. The lowest BCUT2D eigenvalue weighted by Crippen LogP contribution is -2.33. The number of urea groups is 1. The first-order valence-corrected chi connectivity index (χ1v) is 10.0. The van der Waals surface area contributed by atoms with Gasteiger partial charge in [-0.1, -0.05) is 23.7 Å². The van der Waals surface area contributed by atoms with E-state index in [1.54, 1.807) is 6.20 Å². The Labute approximate surface area is 203 Å². The van der Waals surface area contributed by atoms with Crippen molar-refractivity contribution in [1.29, 1.82) is 0 Å². The van der Waals surface area contributed by atoms with Crippen molar-refractivity contribution in [1.82, 2.24) is 15.3 Å². The van der Waals surface area contributed by atoms with Crippen molar-refractivity contribution >= 4 is 71.3 Å². The van der Waals surface area contributed by atoms with Gasteiger partial charge in [0.05, 0.1) is 6.20 Å². The number of nitrogens with two attached hydrogens (primary N) is 1. The Morgan fingerprint density at radius 3 is 2.72 bits per heavy atom. The molecule has 0 spiro atoms. The van der Waals surface area contributed by atoms with E-state index in [0.717, 1.165) is 41.0 Å². The summed E-state index contributed by atoms with van der Waals surface area (Å²) in [5.41, 5.74) is 10.1. The van der Waals surface area contributed by atoms with E-state index in [1.807, 2.05) is 30.3 Å². The molecule has 4 rings (SSSR count). The van der Waals surface area contributed by atoms with Crippen LogP contribution in [0.15, 0.2) is 48.7 Å². The average Bonchev–Trinajstić information content (AvgIpc) is 2.75. The van der Waals surface area contributed by atoms with Crippen molar-refractivity contribution in [2.75, 3.05) is 29.0 Å². The molecule has 0 fully saturated rings. The lowest BCUT2D eigenvalue weighted by Gasteiger charge is -2.15. The molecule has 0 unspecified atom stereocenters. The third kappa shape index (κ3) is 6.37. The highest BCUT2D eigenvalue weighted by Gasteiger charge is 2.12. The predicted octanol–water partition coefficient (Wildman–Crippen LogP) is 4.64. The molecule has 6 N–H and O–H groups in total. The number of nitrogens with zero attached hydrogens (tertiary/aromatic N) is 2. The number of carbonyl (C=O) groups is 1. The monoisotopic (exact) mass is 495 g/mol. The molecule has 2 aromatic carbocycles. The molecule has 2 heterocycles. The molecular formula is C21H24Cl3N7O. The average molecular weight is 497 g/mol. The standard InChI is InChI=1S/C21H22ClN7O.2ClH/c22-17-12-25-20-27-15-3-1-2-13(10-15)4-5-14-11-16(26-19(17)29-20)6-7-18(14)28-21(30)24-9-8-23;;/h1-3,6-7,10-12H,4-5,8-9,23H2,(H2,24,28,30)(H2,25,26,27,29);2*1H. The summed E-state index contributed by atoms with van der Waals surface area (Å²) >= 11 is 6.29. The van der Waals surface area contributed by atoms with E-state index < -0.39 is 0 Å². The largest absolute Gasteiger partial charge is 0.339 e. The van der Waals surface area contributed by atoms with Gasteiger partial charge >= 0.3 is 6.03 Å². The van der Waals surface area contributed by atoms with Crippen LogP contribution in [0.3, 0.4) is 0 Å². The number of aromatic nitrogens is 2. The fraction of sp³-hybridized carbons (Fsp3) is 0.190. The summed E-state index contributed by atoms with van der Waals surface area (Å²) < 4.78 is 0. The fourth-order valence-corrected chi connectivity index (χ4v) is 3.36. The van der Waals surface area contributed by atoms with Gasteiger partial charge in [0, 0.05) is 30.2 Å². The number of amides is 2. The molecule has 1 aromatic heterocycles. The maximum Gasteiger partial charge on any atom is 0.319 e. The molecule has 0 atom stereocenters. The first-order chi connectivity index (χ1) is 14.6. The number of hydrogen-bond acceptors (Lipinski definition) is 6. The second-order valence-electron chi connectivity index (χ2n) is 6.88. The lowest BCUT2D eigenvalue weighted by molar-refractivity contribution is 0.252. The van der Waals surface area contributed by atoms with E-state index >= 15 is 0 Å². The van der Waals surface area contributed by atoms with Gasteiger partial charge in [0.25, 0.3) is 0 Å². The highest BCUT2D eigenvalue weighted by molar-refractivity contribution is 6.32. The molecule has 8 nitrogen and oxygen atoms in total. The number of halogens is 3. The maximum absolute atomic E-state index is 12.1. The van der Waals surface area contributed by atoms with Gasteiger partial charge in [0.1, 0.15) is 5.02 Å². The van der Waals surface area contributed by atoms with Crippen LogP contribution in [-0.4, -0.2) is 29.1 Å². The zero-order valence-electron chi connectivity index (χ0n) is 17.0. The molecule has 6 bridgehead atoms. The van der Waals surface area contributed by atoms with Crippen LogP contribution in [0.5, 0.6) is 0 Å². The molecule has 32 heavy (non-hydrogen) atoms. The minimum absolute atomic E-state index is 0. The van der Waals surface area contributed by atoms with Crippen molar-refractivity contribution < 1.29 is 4.79 Å². The summed E-state index contributed by atoms with van der Waals surface area (Å²) in [6.07, 6.45) is 3.10. The number of fused-ring (bicyclic) bond motifs is 6. The van der Waals surface area contributed by atoms with Gasteiger partial charge in [-0.05, 0) is 54.3 Å². The van der Waals surface area contributed by atoms with Crippen molar-refractivity contribution in [3.8, 4) is 0 Å². The van der Waals surface area contributed by atoms with Crippen molar-refractivity contribution in [3.63, 3.8) is 0 Å². The van der Waals surface area contributed by atoms with Gasteiger partial charge < -0.3 is 27.0 Å². The number of carbonyl (C=O) groups excluding carboxylic acids is 1. The van der Waals surface area contributed by atoms with Crippen LogP contribution < -0.4 is 27.0 Å². The van der Waals surface area contributed by atoms with Crippen molar-refractivity contribution in [2.24, 2.45) is 5.73 Å². The molecular weight excluding hydrogens is 473 g/mol. The first-order valence-electron chi connectivity index (χ1n) is 9.64. The number of benzene rings is 2. The molecule has 0 saturated carbocycles. The number of nitrogens with one attached hydrogen (secondary N) is 4. The van der Waals surface area contributed by atoms with Gasteiger partial charge in [0.2, 0.25) is 5.95 Å². The van der Waals surface area contributed by atoms with E-state index in [4.69, 9.17) is 17.3 Å². The Morgan fingerprint density at radius 2 is 1.91 bits per heavy atom. The molecule has 1 aliphatic rings. The smallest absolute Gasteiger partial charge is 0.319 e. The summed E-state index contributed by atoms with van der Waals surface area (Å²) in [5, 5.41) is 12.5. The summed E-state index contributed by atoms with van der Waals surface area (Å²) in [5.74, 6) is 0.949. The third-order valence-electron chi connectivity index (χ3n) is 4.66. The molecule has 3 aromatic rings. The van der Waals surface area contributed by atoms with E-state index in [-0.39, 0.29) is 30.8 Å². The van der Waals surface area contributed by atoms with Crippen LogP contribution in [0.1, 0.15) is 11.1 Å². The summed E-state index contributed by atoms with van der Waals surface area (Å²) in [6.45, 7) is 0.796. The van der Waals surface area contributed by atoms with E-state index in [9.17, 15) is 4.79 Å². The predicted molar refractivity (Wildman–Crippen MR) is 134 cm³/mol. The Hall–Kier alpha value is -2.78. The number of rotatable bonds is 3. The van der Waals surface area contributed by atoms with E-state index in [1.165, 1.54) is 0 Å². The van der Waals surface area contributed by atoms with Crippen LogP contribution in [0, 0.1) is 0 Å². The second-order valence-corrected chi connectivity index (χ2v) is 7.29. The van der Waals surface area contributed by atoms with Crippen LogP contribution in [-0.2, 0) is 12.8 Å². The fourth-order valence-electron chi connectivity index (χ4n) is 3.22. The number of aryl methyl sites for hydroxylation is 2. The molecule has 0 radical (unpaired) electrons. The second kappa shape index (κ2) is 11.7. The van der Waals surface area contributed by atoms with Gasteiger partial charge in [-0.25, -0.2) is 9.78 Å². The van der Waals surface area contributed by atoms with Crippen LogP contribution in [0.2, 0.25) is 5.02 Å². The Bertz CT molecular complexity index is 1080. The normalized spacial score (nSPS) is 11.6. The third-order valence-corrected chi connectivity index (χ3v) is 4.93. The van der Waals surface area contributed by atoms with Crippen molar-refractivity contribution in [2.45, 2.75) is 12.8 Å². The number of anilines is 5. The molecule has 1 aliphatic heterocycles. The van der Waals surface area contributed by atoms with Gasteiger partial charge in [-0.3, -0.25) is 0 Å². The molecule has 11 heteroatoms. The van der Waals surface area contributed by atoms with Gasteiger partial charge in [0.15, 0.2) is 5.82 Å². The Balaban J connectivity index is 0.00000181. The molecule has 2 amide bonds. The molecule has 0 saturated heterocycles. The van der Waals surface area contributed by atoms with Crippen LogP contribution in [0.4, 0.5) is 33.6 Å². The zero-order chi connectivity index (χ0) is 20.9. The Kier molecular flexibility index (Phi) is 9.34. The van der Waals surface area contributed by atoms with Crippen LogP contribution in [0.25, 0.3) is 0 Å². The molecule has 170 valence electrons. The molecule has 0 aliphatic carbocycles. The minimum Gasteiger partial charge on any atom is -0.339 e. The topological polar surface area (TPSA) is 117 Å². The Morgan fingerprint density at radius 1 is 1.09 bits per heavy atom. The quantitative estimate of drug-likeness (QED) is 0.361. The number of hydrogen-bond donors (Lipinski definition) is 5. The summed E-state index contributed by atoms with van der Waals surface area (Å²) in [6, 6.07) is 13.5. The lowest BCUT2D eigenvalue weighted by atomic mass is 10.0. The zero-order valence-corrected chi connectivity index (χ0v) is 19.4. The van der Waals surface area contributed by atoms with Gasteiger partial charge in [-0.15, -0.1) is 24.8 Å². The maximum atomic E-state index is 12.1. The highest BCUT2D eigenvalue weighted by Crippen LogP contribution is 2.29. The minimum atomic E-state index is -0.282. The van der Waals surface area contributed by atoms with Crippen LogP contribution >= 0.6 is 36.4 Å².